The van der Waals surface area contributed by atoms with Crippen LogP contribution in [-0.2, 0) is 6.42 Å². The number of amides is 2. The molecule has 0 radical (unpaired) electrons. The molecule has 0 spiro atoms. The highest BCUT2D eigenvalue weighted by molar-refractivity contribution is 5.95. The van der Waals surface area contributed by atoms with Crippen LogP contribution in [0.2, 0.25) is 0 Å². The number of nitrogens with zero attached hydrogens (tertiary/aromatic N) is 6. The first-order valence-electron chi connectivity index (χ1n) is 9.04. The van der Waals surface area contributed by atoms with Gasteiger partial charge in [-0.2, -0.15) is 0 Å². The Morgan fingerprint density at radius 1 is 1.22 bits per heavy atom. The maximum absolute atomic E-state index is 12.8. The van der Waals surface area contributed by atoms with Crippen LogP contribution in [0.25, 0.3) is 0 Å². The summed E-state index contributed by atoms with van der Waals surface area (Å²) in [4.78, 5) is 44.7. The SMILES string of the molecule is Cc1ncncc1C(=O)N1CCC[C@@H](Cc2cc(C(=O)N(C)C)ncn2)C1. The van der Waals surface area contributed by atoms with Gasteiger partial charge in [0.2, 0.25) is 0 Å². The van der Waals surface area contributed by atoms with Gasteiger partial charge in [-0.25, -0.2) is 19.9 Å². The molecule has 3 heterocycles. The van der Waals surface area contributed by atoms with Crippen molar-refractivity contribution in [3.05, 3.63) is 47.6 Å². The number of carbonyl (C=O) groups is 2. The molecule has 0 aliphatic carbocycles. The van der Waals surface area contributed by atoms with E-state index in [9.17, 15) is 9.59 Å². The molecule has 1 fully saturated rings. The Morgan fingerprint density at radius 3 is 2.78 bits per heavy atom. The largest absolute Gasteiger partial charge is 0.343 e. The molecule has 1 saturated heterocycles. The van der Waals surface area contributed by atoms with E-state index in [2.05, 4.69) is 19.9 Å². The number of hydrogen-bond donors (Lipinski definition) is 0. The normalized spacial score (nSPS) is 16.9. The molecule has 2 aromatic rings. The lowest BCUT2D eigenvalue weighted by atomic mass is 9.92. The number of aryl methyl sites for hydroxylation is 1. The van der Waals surface area contributed by atoms with E-state index in [-0.39, 0.29) is 11.8 Å². The van der Waals surface area contributed by atoms with Crippen molar-refractivity contribution in [1.82, 2.24) is 29.7 Å². The first kappa shape index (κ1) is 18.9. The Bertz CT molecular complexity index is 838. The third-order valence-electron chi connectivity index (χ3n) is 4.79. The molecule has 1 atom stereocenters. The van der Waals surface area contributed by atoms with Crippen LogP contribution in [0, 0.1) is 12.8 Å². The summed E-state index contributed by atoms with van der Waals surface area (Å²) >= 11 is 0. The summed E-state index contributed by atoms with van der Waals surface area (Å²) in [5.41, 5.74) is 2.47. The van der Waals surface area contributed by atoms with Crippen LogP contribution in [0.3, 0.4) is 0 Å². The lowest BCUT2D eigenvalue weighted by Crippen LogP contribution is -2.41. The maximum atomic E-state index is 12.8. The number of rotatable bonds is 4. The third kappa shape index (κ3) is 4.45. The van der Waals surface area contributed by atoms with Gasteiger partial charge in [0.1, 0.15) is 18.3 Å². The van der Waals surface area contributed by atoms with Gasteiger partial charge < -0.3 is 9.80 Å². The van der Waals surface area contributed by atoms with Crippen LogP contribution in [0.4, 0.5) is 0 Å². The van der Waals surface area contributed by atoms with Crippen LogP contribution in [0.5, 0.6) is 0 Å². The monoisotopic (exact) mass is 368 g/mol. The second kappa shape index (κ2) is 8.20. The van der Waals surface area contributed by atoms with Crippen LogP contribution >= 0.6 is 0 Å². The maximum Gasteiger partial charge on any atom is 0.272 e. The van der Waals surface area contributed by atoms with Crippen molar-refractivity contribution in [2.75, 3.05) is 27.2 Å². The molecule has 3 rings (SSSR count). The molecular formula is C19H24N6O2. The zero-order valence-corrected chi connectivity index (χ0v) is 15.9. The van der Waals surface area contributed by atoms with Crippen LogP contribution in [0.1, 0.15) is 45.1 Å². The summed E-state index contributed by atoms with van der Waals surface area (Å²) < 4.78 is 0. The Balaban J connectivity index is 1.69. The van der Waals surface area contributed by atoms with Gasteiger partial charge in [0.25, 0.3) is 11.8 Å². The lowest BCUT2D eigenvalue weighted by molar-refractivity contribution is 0.0671. The van der Waals surface area contributed by atoms with Gasteiger partial charge in [0, 0.05) is 39.1 Å². The van der Waals surface area contributed by atoms with Gasteiger partial charge >= 0.3 is 0 Å². The molecule has 27 heavy (non-hydrogen) atoms. The van der Waals surface area contributed by atoms with Crippen LogP contribution in [0.15, 0.2) is 24.9 Å². The first-order valence-corrected chi connectivity index (χ1v) is 9.04. The smallest absolute Gasteiger partial charge is 0.272 e. The van der Waals surface area contributed by atoms with Gasteiger partial charge in [-0.05, 0) is 38.2 Å². The third-order valence-corrected chi connectivity index (χ3v) is 4.79. The van der Waals surface area contributed by atoms with Crippen molar-refractivity contribution in [2.24, 2.45) is 5.92 Å². The number of carbonyl (C=O) groups excluding carboxylic acids is 2. The van der Waals surface area contributed by atoms with Crippen molar-refractivity contribution >= 4 is 11.8 Å². The second-order valence-corrected chi connectivity index (χ2v) is 7.08. The zero-order valence-electron chi connectivity index (χ0n) is 15.9. The minimum absolute atomic E-state index is 0.0241. The second-order valence-electron chi connectivity index (χ2n) is 7.08. The molecular weight excluding hydrogens is 344 g/mol. The molecule has 2 aromatic heterocycles. The molecule has 1 aliphatic rings. The molecule has 1 aliphatic heterocycles. The average Bonchev–Trinajstić information content (AvgIpc) is 2.67. The lowest BCUT2D eigenvalue weighted by Gasteiger charge is -2.33. The van der Waals surface area contributed by atoms with Gasteiger partial charge in [0.15, 0.2) is 0 Å². The summed E-state index contributed by atoms with van der Waals surface area (Å²) in [6.07, 6.45) is 7.14. The highest BCUT2D eigenvalue weighted by Crippen LogP contribution is 2.22. The predicted molar refractivity (Wildman–Crippen MR) is 99.2 cm³/mol. The highest BCUT2D eigenvalue weighted by Gasteiger charge is 2.26. The van der Waals surface area contributed by atoms with Crippen LogP contribution in [-0.4, -0.2) is 68.7 Å². The molecule has 0 unspecified atom stereocenters. The fourth-order valence-corrected chi connectivity index (χ4v) is 3.34. The Kier molecular flexibility index (Phi) is 5.73. The molecule has 0 N–H and O–H groups in total. The van der Waals surface area contributed by atoms with E-state index in [1.807, 2.05) is 11.8 Å². The molecule has 142 valence electrons. The number of piperidine rings is 1. The van der Waals surface area contributed by atoms with Crippen molar-refractivity contribution in [3.63, 3.8) is 0 Å². The van der Waals surface area contributed by atoms with Crippen LogP contribution < -0.4 is 0 Å². The fourth-order valence-electron chi connectivity index (χ4n) is 3.34. The van der Waals surface area contributed by atoms with E-state index < -0.39 is 0 Å². The molecule has 0 bridgehead atoms. The van der Waals surface area contributed by atoms with Gasteiger partial charge in [-0.15, -0.1) is 0 Å². The standard InChI is InChI=1S/C19H24N6O2/c1-13-16(9-20-11-21-13)18(26)25-6-4-5-14(10-25)7-15-8-17(23-12-22-15)19(27)24(2)3/h8-9,11-12,14H,4-7,10H2,1-3H3/t14-/m0/s1. The Labute approximate surface area is 158 Å². The average molecular weight is 368 g/mol. The number of likely N-dealkylation sites (tertiary alicyclic amines) is 1. The van der Waals surface area contributed by atoms with Gasteiger partial charge in [-0.3, -0.25) is 9.59 Å². The molecule has 0 saturated carbocycles. The van der Waals surface area contributed by atoms with E-state index in [1.54, 1.807) is 26.4 Å². The van der Waals surface area contributed by atoms with Gasteiger partial charge in [0.05, 0.1) is 11.3 Å². The van der Waals surface area contributed by atoms with Crippen molar-refractivity contribution in [3.8, 4) is 0 Å². The van der Waals surface area contributed by atoms with Gasteiger partial charge in [-0.1, -0.05) is 0 Å². The fraction of sp³-hybridized carbons (Fsp3) is 0.474. The Hall–Kier alpha value is -2.90. The predicted octanol–water partition coefficient (Wildman–Crippen LogP) is 1.37. The summed E-state index contributed by atoms with van der Waals surface area (Å²) in [6, 6.07) is 1.75. The number of hydrogen-bond acceptors (Lipinski definition) is 6. The van der Waals surface area contributed by atoms with E-state index >= 15 is 0 Å². The number of aromatic nitrogens is 4. The van der Waals surface area contributed by atoms with Crippen molar-refractivity contribution in [2.45, 2.75) is 26.2 Å². The van der Waals surface area contributed by atoms with Crippen molar-refractivity contribution in [1.29, 1.82) is 0 Å². The summed E-state index contributed by atoms with van der Waals surface area (Å²) in [7, 11) is 3.40. The molecule has 8 nitrogen and oxygen atoms in total. The first-order chi connectivity index (χ1) is 13.0. The minimum atomic E-state index is -0.140. The quantitative estimate of drug-likeness (QED) is 0.809. The Morgan fingerprint density at radius 2 is 2.04 bits per heavy atom. The van der Waals surface area contributed by atoms with Crippen molar-refractivity contribution < 1.29 is 9.59 Å². The highest BCUT2D eigenvalue weighted by atomic mass is 16.2. The zero-order chi connectivity index (χ0) is 19.4. The molecule has 2 amide bonds. The summed E-state index contributed by atoms with van der Waals surface area (Å²) in [5.74, 6) is 0.132. The van der Waals surface area contributed by atoms with E-state index in [1.165, 1.54) is 17.6 Å². The van der Waals surface area contributed by atoms with E-state index in [4.69, 9.17) is 0 Å². The van der Waals surface area contributed by atoms with E-state index in [0.29, 0.717) is 35.8 Å². The molecule has 0 aromatic carbocycles. The summed E-state index contributed by atoms with van der Waals surface area (Å²) in [6.45, 7) is 3.21. The molecule has 8 heteroatoms. The topological polar surface area (TPSA) is 92.2 Å². The summed E-state index contributed by atoms with van der Waals surface area (Å²) in [5, 5.41) is 0. The van der Waals surface area contributed by atoms with E-state index in [0.717, 1.165) is 25.1 Å². The minimum Gasteiger partial charge on any atom is -0.343 e.